The number of benzene rings is 2. The molecule has 2 saturated carbocycles. The van der Waals surface area contributed by atoms with Crippen LogP contribution in [0.2, 0.25) is 0 Å². The summed E-state index contributed by atoms with van der Waals surface area (Å²) >= 11 is 0. The first-order valence-corrected chi connectivity index (χ1v) is 21.9. The third-order valence-corrected chi connectivity index (χ3v) is 13.9. The summed E-state index contributed by atoms with van der Waals surface area (Å²) in [6.45, 7) is 10.3. The van der Waals surface area contributed by atoms with E-state index in [1.54, 1.807) is 12.4 Å². The van der Waals surface area contributed by atoms with Crippen LogP contribution in [0, 0.1) is 18.7 Å². The highest BCUT2D eigenvalue weighted by molar-refractivity contribution is 6.06. The molecule has 3 amide bonds. The number of H-pyrrole nitrogens is 1. The van der Waals surface area contributed by atoms with Crippen molar-refractivity contribution in [2.24, 2.45) is 5.92 Å². The van der Waals surface area contributed by atoms with Crippen molar-refractivity contribution in [3.63, 3.8) is 0 Å². The van der Waals surface area contributed by atoms with Crippen LogP contribution in [-0.2, 0) is 20.9 Å². The Labute approximate surface area is 352 Å². The molecule has 2 aliphatic carbocycles. The number of anilines is 2. The number of nitrogens with one attached hydrogen (secondary N) is 2. The number of amides is 3. The fraction of sp³-hybridized carbons (Fsp3) is 0.556. The van der Waals surface area contributed by atoms with Crippen molar-refractivity contribution in [3.8, 4) is 17.1 Å². The maximum absolute atomic E-state index is 16.1. The van der Waals surface area contributed by atoms with E-state index in [4.69, 9.17) is 9.47 Å². The molecule has 2 N–H and O–H groups in total. The highest BCUT2D eigenvalue weighted by atomic mass is 19.1. The van der Waals surface area contributed by atoms with Crippen LogP contribution in [0.4, 0.5) is 15.9 Å². The van der Waals surface area contributed by atoms with Gasteiger partial charge in [0.05, 0.1) is 41.2 Å². The van der Waals surface area contributed by atoms with E-state index in [2.05, 4.69) is 59.2 Å². The number of nitrogens with zero attached hydrogens (tertiary/aromatic N) is 7. The van der Waals surface area contributed by atoms with E-state index < -0.39 is 11.9 Å². The number of carbonyl (C=O) groups excluding carboxylic acids is 3. The van der Waals surface area contributed by atoms with Gasteiger partial charge in [0.15, 0.2) is 5.82 Å². The van der Waals surface area contributed by atoms with Crippen LogP contribution in [0.25, 0.3) is 22.3 Å². The van der Waals surface area contributed by atoms with Gasteiger partial charge in [-0.15, -0.1) is 0 Å². The molecule has 6 aliphatic rings. The fourth-order valence-electron chi connectivity index (χ4n) is 10.1. The predicted molar refractivity (Wildman–Crippen MR) is 228 cm³/mol. The summed E-state index contributed by atoms with van der Waals surface area (Å²) in [5.41, 5.74) is 4.43. The Balaban J connectivity index is 0.00000264. The minimum Gasteiger partial charge on any atom is -0.488 e. The topological polar surface area (TPSA) is 149 Å². The van der Waals surface area contributed by atoms with Crippen LogP contribution in [-0.4, -0.2) is 117 Å². The van der Waals surface area contributed by atoms with Gasteiger partial charge < -0.3 is 24.2 Å². The second-order valence-corrected chi connectivity index (χ2v) is 18.1. The maximum Gasteiger partial charge on any atom is 0.255 e. The standard InChI is InChI=1S/C45H54FN9O5.2H2/c1-27-21-37(41(46)33-25-55(44(58)40(27)33)36-9-10-39(56)49-43(36)57)53-15-11-30(12-16-53)59-29-5-3-28(4-6-29)24-52-17-19-54(20-18-52)38-23-35(47-26-48-38)42-32-22-31(60-45(2)13-14-45)7-8-34(32)50-51-42;;/h7-8,21-23,26,28-30,36H,3-6,9-20,24-25H2,1-2H3,(H,50,51)(H,49,56,57);2*1H. The van der Waals surface area contributed by atoms with Crippen LogP contribution in [0.3, 0.4) is 0 Å². The number of aromatic amines is 1. The molecule has 10 rings (SSSR count). The predicted octanol–water partition coefficient (Wildman–Crippen LogP) is 6.02. The fourth-order valence-corrected chi connectivity index (χ4v) is 10.1. The second kappa shape index (κ2) is 15.7. The average Bonchev–Trinajstić information content (AvgIpc) is 3.65. The van der Waals surface area contributed by atoms with E-state index in [0.717, 1.165) is 118 Å². The molecule has 4 aliphatic heterocycles. The van der Waals surface area contributed by atoms with Crippen molar-refractivity contribution >= 4 is 40.1 Å². The lowest BCUT2D eigenvalue weighted by molar-refractivity contribution is -0.136. The Morgan fingerprint density at radius 1 is 0.900 bits per heavy atom. The highest BCUT2D eigenvalue weighted by Gasteiger charge is 2.42. The number of fused-ring (bicyclic) bond motifs is 2. The van der Waals surface area contributed by atoms with Crippen LogP contribution in [0.15, 0.2) is 36.7 Å². The number of imide groups is 1. The van der Waals surface area contributed by atoms with Gasteiger partial charge in [-0.1, -0.05) is 0 Å². The average molecular weight is 824 g/mol. The van der Waals surface area contributed by atoms with Crippen molar-refractivity contribution in [2.75, 3.05) is 55.6 Å². The lowest BCUT2D eigenvalue weighted by Crippen LogP contribution is -2.52. The van der Waals surface area contributed by atoms with Gasteiger partial charge in [0, 0.05) is 72.1 Å². The third kappa shape index (κ3) is 7.70. The number of ether oxygens (including phenoxy) is 2. The van der Waals surface area contributed by atoms with Gasteiger partial charge in [0.1, 0.15) is 35.2 Å². The van der Waals surface area contributed by atoms with E-state index in [0.29, 0.717) is 41.4 Å². The van der Waals surface area contributed by atoms with E-state index in [9.17, 15) is 14.4 Å². The Hall–Kier alpha value is -5.15. The zero-order valence-electron chi connectivity index (χ0n) is 34.6. The molecule has 1 atom stereocenters. The van der Waals surface area contributed by atoms with Crippen molar-refractivity contribution in [3.05, 3.63) is 59.2 Å². The molecule has 2 aromatic carbocycles. The molecule has 0 radical (unpaired) electrons. The van der Waals surface area contributed by atoms with Crippen molar-refractivity contribution in [1.82, 2.24) is 35.3 Å². The summed E-state index contributed by atoms with van der Waals surface area (Å²) < 4.78 is 29.0. The lowest BCUT2D eigenvalue weighted by atomic mass is 9.86. The molecule has 0 spiro atoms. The normalized spacial score (nSPS) is 24.9. The number of piperazine rings is 1. The van der Waals surface area contributed by atoms with Gasteiger partial charge >= 0.3 is 0 Å². The first-order valence-electron chi connectivity index (χ1n) is 21.9. The summed E-state index contributed by atoms with van der Waals surface area (Å²) in [5.74, 6) is 0.892. The van der Waals surface area contributed by atoms with Crippen LogP contribution < -0.4 is 19.9 Å². The Morgan fingerprint density at radius 2 is 1.67 bits per heavy atom. The minimum atomic E-state index is -0.768. The zero-order chi connectivity index (χ0) is 41.1. The number of hydrogen-bond acceptors (Lipinski definition) is 11. The molecular weight excluding hydrogens is 766 g/mol. The number of aryl methyl sites for hydroxylation is 1. The maximum atomic E-state index is 16.1. The van der Waals surface area contributed by atoms with Crippen molar-refractivity contribution < 1.29 is 31.1 Å². The summed E-state index contributed by atoms with van der Waals surface area (Å²) in [7, 11) is 0. The molecular formula is C45H58FN9O5. The molecule has 2 aromatic heterocycles. The van der Waals surface area contributed by atoms with E-state index in [-0.39, 0.29) is 57.7 Å². The van der Waals surface area contributed by atoms with E-state index in [1.807, 2.05) is 19.1 Å². The first-order chi connectivity index (χ1) is 29.1. The quantitative estimate of drug-likeness (QED) is 0.181. The van der Waals surface area contributed by atoms with Crippen molar-refractivity contribution in [2.45, 2.75) is 108 Å². The zero-order valence-corrected chi connectivity index (χ0v) is 34.6. The molecule has 14 nitrogen and oxygen atoms in total. The Bertz CT molecular complexity index is 2320. The van der Waals surface area contributed by atoms with Gasteiger partial charge in [0.2, 0.25) is 11.8 Å². The molecule has 4 aromatic rings. The van der Waals surface area contributed by atoms with Gasteiger partial charge in [-0.3, -0.25) is 29.7 Å². The highest BCUT2D eigenvalue weighted by Crippen LogP contribution is 2.41. The molecule has 6 heterocycles. The van der Waals surface area contributed by atoms with Gasteiger partial charge in [-0.05, 0) is 107 Å². The lowest BCUT2D eigenvalue weighted by Gasteiger charge is -2.39. The summed E-state index contributed by atoms with van der Waals surface area (Å²) in [6, 6.07) is 9.16. The van der Waals surface area contributed by atoms with Gasteiger partial charge in [-0.25, -0.2) is 14.4 Å². The van der Waals surface area contributed by atoms with Crippen LogP contribution in [0.1, 0.15) is 95.5 Å². The largest absolute Gasteiger partial charge is 0.488 e. The first kappa shape index (κ1) is 39.0. The molecule has 1 unspecified atom stereocenters. The van der Waals surface area contributed by atoms with E-state index >= 15 is 4.39 Å². The molecule has 5 fully saturated rings. The number of carbonyl (C=O) groups is 3. The summed E-state index contributed by atoms with van der Waals surface area (Å²) in [5, 5.41) is 11.1. The Morgan fingerprint density at radius 3 is 2.42 bits per heavy atom. The molecule has 60 heavy (non-hydrogen) atoms. The van der Waals surface area contributed by atoms with Gasteiger partial charge in [-0.2, -0.15) is 5.10 Å². The SMILES string of the molecule is Cc1cc(N2CCC(OC3CCC(CN4CCN(c5cc(-c6n[nH]c7ccc(OC8(C)CC8)cc67)ncn5)CC4)CC3)CC2)c(F)c2c1C(=O)N(C1CCC(=O)NC1=O)C2.[HH].[HH]. The Kier molecular flexibility index (Phi) is 10.2. The number of piperidine rings is 2. The summed E-state index contributed by atoms with van der Waals surface area (Å²) in [4.78, 5) is 55.3. The number of rotatable bonds is 10. The third-order valence-electron chi connectivity index (χ3n) is 13.9. The number of aromatic nitrogens is 4. The monoisotopic (exact) mass is 823 g/mol. The minimum absolute atomic E-state index is 0. The summed E-state index contributed by atoms with van der Waals surface area (Å²) in [6.07, 6.45) is 10.7. The number of hydrogen-bond donors (Lipinski definition) is 2. The van der Waals surface area contributed by atoms with E-state index in [1.165, 1.54) is 4.90 Å². The van der Waals surface area contributed by atoms with Crippen LogP contribution >= 0.6 is 0 Å². The molecule has 15 heteroatoms. The number of halogens is 1. The smallest absolute Gasteiger partial charge is 0.255 e. The molecule has 0 bridgehead atoms. The van der Waals surface area contributed by atoms with Crippen LogP contribution in [0.5, 0.6) is 5.75 Å². The van der Waals surface area contributed by atoms with Gasteiger partial charge in [0.25, 0.3) is 5.91 Å². The second-order valence-electron chi connectivity index (χ2n) is 18.1. The molecule has 3 saturated heterocycles. The van der Waals surface area contributed by atoms with Crippen molar-refractivity contribution in [1.29, 1.82) is 0 Å². The molecule has 320 valence electrons.